The molecule has 0 saturated heterocycles. The Morgan fingerprint density at radius 3 is 2.75 bits per heavy atom. The van der Waals surface area contributed by atoms with Crippen LogP contribution in [0.3, 0.4) is 0 Å². The maximum atomic E-state index is 12.2. The summed E-state index contributed by atoms with van der Waals surface area (Å²) in [5.74, 6) is 0.0682. The van der Waals surface area contributed by atoms with Crippen LogP contribution in [0.15, 0.2) is 42.7 Å². The van der Waals surface area contributed by atoms with Gasteiger partial charge in [-0.05, 0) is 43.3 Å². The molecule has 0 aliphatic carbocycles. The Hall–Kier alpha value is -2.93. The Balaban J connectivity index is 2.12. The third-order valence-electron chi connectivity index (χ3n) is 3.26. The second-order valence-corrected chi connectivity index (χ2v) is 5.05. The minimum Gasteiger partial charge on any atom is -0.495 e. The van der Waals surface area contributed by atoms with Crippen molar-refractivity contribution in [3.8, 4) is 5.75 Å². The van der Waals surface area contributed by atoms with Crippen molar-refractivity contribution in [3.63, 3.8) is 0 Å². The molecule has 2 amide bonds. The number of methoxy groups -OCH3 is 1. The summed E-state index contributed by atoms with van der Waals surface area (Å²) in [5.41, 5.74) is 6.88. The summed E-state index contributed by atoms with van der Waals surface area (Å²) >= 11 is 0. The molecule has 1 heterocycles. The van der Waals surface area contributed by atoms with Gasteiger partial charge in [0.2, 0.25) is 5.91 Å². The second-order valence-electron chi connectivity index (χ2n) is 5.05. The van der Waals surface area contributed by atoms with Crippen molar-refractivity contribution in [2.45, 2.75) is 12.8 Å². The number of nitrogens with two attached hydrogens (primary N) is 1. The lowest BCUT2D eigenvalue weighted by Gasteiger charge is -2.13. The van der Waals surface area contributed by atoms with Gasteiger partial charge in [0.1, 0.15) is 5.75 Å². The number of hydrogen-bond acceptors (Lipinski definition) is 5. The Labute approximate surface area is 140 Å². The lowest BCUT2D eigenvalue weighted by Crippen LogP contribution is -2.15. The maximum Gasteiger partial charge on any atom is 0.257 e. The number of ether oxygens (including phenoxy) is 1. The molecule has 2 rings (SSSR count). The van der Waals surface area contributed by atoms with Crippen molar-refractivity contribution >= 4 is 23.2 Å². The van der Waals surface area contributed by atoms with Crippen LogP contribution in [0.5, 0.6) is 5.75 Å². The fourth-order valence-electron chi connectivity index (χ4n) is 2.06. The van der Waals surface area contributed by atoms with Gasteiger partial charge in [-0.1, -0.05) is 0 Å². The van der Waals surface area contributed by atoms with Crippen LogP contribution in [0, 0.1) is 0 Å². The average molecular weight is 328 g/mol. The van der Waals surface area contributed by atoms with Gasteiger partial charge in [0, 0.05) is 24.5 Å². The number of carbonyl (C=O) groups is 2. The third kappa shape index (κ3) is 4.79. The fraction of sp³-hybridized carbons (Fsp3) is 0.235. The molecule has 1 aromatic carbocycles. The molecule has 0 aliphatic heterocycles. The molecule has 4 N–H and O–H groups in total. The largest absolute Gasteiger partial charge is 0.495 e. The van der Waals surface area contributed by atoms with E-state index in [9.17, 15) is 9.59 Å². The third-order valence-corrected chi connectivity index (χ3v) is 3.26. The van der Waals surface area contributed by atoms with Gasteiger partial charge >= 0.3 is 0 Å². The van der Waals surface area contributed by atoms with Crippen molar-refractivity contribution in [2.75, 3.05) is 24.3 Å². The predicted octanol–water partition coefficient (Wildman–Crippen LogP) is 2.02. The van der Waals surface area contributed by atoms with Crippen molar-refractivity contribution in [1.82, 2.24) is 4.98 Å². The Bertz CT molecular complexity index is 704. The SMILES string of the molecule is COc1ccc(NC(=O)c2cccnc2)cc1NC(=O)CCCN. The summed E-state index contributed by atoms with van der Waals surface area (Å²) in [6, 6.07) is 8.38. The number of nitrogens with one attached hydrogen (secondary N) is 2. The van der Waals surface area contributed by atoms with Gasteiger partial charge in [-0.15, -0.1) is 0 Å². The smallest absolute Gasteiger partial charge is 0.257 e. The first kappa shape index (κ1) is 17.4. The van der Waals surface area contributed by atoms with E-state index in [2.05, 4.69) is 15.6 Å². The molecule has 0 radical (unpaired) electrons. The highest BCUT2D eigenvalue weighted by atomic mass is 16.5. The number of carbonyl (C=O) groups excluding carboxylic acids is 2. The van der Waals surface area contributed by atoms with Gasteiger partial charge in [0.05, 0.1) is 18.4 Å². The van der Waals surface area contributed by atoms with Crippen molar-refractivity contribution in [1.29, 1.82) is 0 Å². The zero-order valence-electron chi connectivity index (χ0n) is 13.4. The minimum absolute atomic E-state index is 0.158. The van der Waals surface area contributed by atoms with Gasteiger partial charge < -0.3 is 21.1 Å². The van der Waals surface area contributed by atoms with Gasteiger partial charge in [0.15, 0.2) is 0 Å². The van der Waals surface area contributed by atoms with Crippen LogP contribution in [0.1, 0.15) is 23.2 Å². The van der Waals surface area contributed by atoms with Crippen LogP contribution < -0.4 is 21.1 Å². The van der Waals surface area contributed by atoms with Crippen LogP contribution in [0.2, 0.25) is 0 Å². The normalized spacial score (nSPS) is 10.1. The number of aromatic nitrogens is 1. The summed E-state index contributed by atoms with van der Waals surface area (Å²) in [6.45, 7) is 0.450. The van der Waals surface area contributed by atoms with Crippen LogP contribution in [0.25, 0.3) is 0 Å². The Morgan fingerprint density at radius 1 is 1.25 bits per heavy atom. The molecule has 0 unspecified atom stereocenters. The second kappa shape index (κ2) is 8.64. The summed E-state index contributed by atoms with van der Waals surface area (Å²) in [4.78, 5) is 27.9. The number of rotatable bonds is 7. The first-order valence-electron chi connectivity index (χ1n) is 7.53. The molecule has 0 fully saturated rings. The van der Waals surface area contributed by atoms with E-state index in [1.165, 1.54) is 13.3 Å². The topological polar surface area (TPSA) is 106 Å². The van der Waals surface area contributed by atoms with Crippen molar-refractivity contribution in [3.05, 3.63) is 48.3 Å². The standard InChI is InChI=1S/C17H20N4O3/c1-24-15-7-6-13(10-14(15)21-16(22)5-2-8-18)20-17(23)12-4-3-9-19-11-12/h3-4,6-7,9-11H,2,5,8,18H2,1H3,(H,20,23)(H,21,22). The van der Waals surface area contributed by atoms with Crippen LogP contribution in [-0.4, -0.2) is 30.5 Å². The highest BCUT2D eigenvalue weighted by molar-refractivity contribution is 6.04. The predicted molar refractivity (Wildman–Crippen MR) is 92.1 cm³/mol. The molecule has 7 heteroatoms. The maximum absolute atomic E-state index is 12.2. The van der Waals surface area contributed by atoms with Gasteiger partial charge in [-0.2, -0.15) is 0 Å². The van der Waals surface area contributed by atoms with Crippen LogP contribution in [0.4, 0.5) is 11.4 Å². The van der Waals surface area contributed by atoms with E-state index in [1.54, 1.807) is 36.5 Å². The molecular formula is C17H20N4O3. The average Bonchev–Trinajstić information content (AvgIpc) is 2.61. The molecule has 2 aromatic rings. The minimum atomic E-state index is -0.284. The molecule has 0 saturated carbocycles. The number of amides is 2. The molecule has 0 spiro atoms. The molecule has 1 aromatic heterocycles. The number of pyridine rings is 1. The zero-order valence-corrected chi connectivity index (χ0v) is 13.4. The van der Waals surface area contributed by atoms with Crippen molar-refractivity contribution < 1.29 is 14.3 Å². The van der Waals surface area contributed by atoms with E-state index >= 15 is 0 Å². The van der Waals surface area contributed by atoms with Gasteiger partial charge in [-0.3, -0.25) is 14.6 Å². The van der Waals surface area contributed by atoms with E-state index in [1.807, 2.05) is 0 Å². The first-order chi connectivity index (χ1) is 11.6. The van der Waals surface area contributed by atoms with Crippen LogP contribution in [-0.2, 0) is 4.79 Å². The number of anilines is 2. The number of nitrogens with zero attached hydrogens (tertiary/aromatic N) is 1. The molecule has 7 nitrogen and oxygen atoms in total. The van der Waals surface area contributed by atoms with Gasteiger partial charge in [0.25, 0.3) is 5.91 Å². The van der Waals surface area contributed by atoms with E-state index in [0.29, 0.717) is 42.1 Å². The number of benzene rings is 1. The van der Waals surface area contributed by atoms with Gasteiger partial charge in [-0.25, -0.2) is 0 Å². The molecule has 0 aliphatic rings. The highest BCUT2D eigenvalue weighted by Gasteiger charge is 2.11. The van der Waals surface area contributed by atoms with E-state index in [4.69, 9.17) is 10.5 Å². The Morgan fingerprint density at radius 2 is 2.08 bits per heavy atom. The number of hydrogen-bond donors (Lipinski definition) is 3. The summed E-state index contributed by atoms with van der Waals surface area (Å²) in [7, 11) is 1.51. The Kier molecular flexibility index (Phi) is 6.27. The fourth-order valence-corrected chi connectivity index (χ4v) is 2.06. The quantitative estimate of drug-likeness (QED) is 0.721. The lowest BCUT2D eigenvalue weighted by atomic mass is 10.2. The van der Waals surface area contributed by atoms with E-state index in [0.717, 1.165) is 0 Å². The summed E-state index contributed by atoms with van der Waals surface area (Å²) in [5, 5.41) is 5.53. The monoisotopic (exact) mass is 328 g/mol. The lowest BCUT2D eigenvalue weighted by molar-refractivity contribution is -0.116. The zero-order chi connectivity index (χ0) is 17.4. The van der Waals surface area contributed by atoms with E-state index < -0.39 is 0 Å². The van der Waals surface area contributed by atoms with Crippen molar-refractivity contribution in [2.24, 2.45) is 5.73 Å². The molecule has 0 atom stereocenters. The summed E-state index contributed by atoms with van der Waals surface area (Å²) in [6.07, 6.45) is 4.00. The summed E-state index contributed by atoms with van der Waals surface area (Å²) < 4.78 is 5.23. The molecule has 24 heavy (non-hydrogen) atoms. The molecule has 126 valence electrons. The molecule has 0 bridgehead atoms. The van der Waals surface area contributed by atoms with Crippen LogP contribution >= 0.6 is 0 Å². The molecular weight excluding hydrogens is 308 g/mol. The van der Waals surface area contributed by atoms with E-state index in [-0.39, 0.29) is 11.8 Å². The highest BCUT2D eigenvalue weighted by Crippen LogP contribution is 2.28. The first-order valence-corrected chi connectivity index (χ1v) is 7.53.